The molecule has 1 N–H and O–H groups in total. The van der Waals surface area contributed by atoms with Gasteiger partial charge in [0.15, 0.2) is 6.10 Å². The van der Waals surface area contributed by atoms with Gasteiger partial charge in [-0.25, -0.2) is 0 Å². The van der Waals surface area contributed by atoms with Crippen LogP contribution in [0.1, 0.15) is 23.7 Å². The largest absolute Gasteiger partial charge is 0.387 e. The van der Waals surface area contributed by atoms with Gasteiger partial charge in [0, 0.05) is 11.4 Å². The molecule has 1 heterocycles. The molecular formula is C18H18ClNO5S. The minimum absolute atomic E-state index is 0.0407. The lowest BCUT2D eigenvalue weighted by molar-refractivity contribution is 0.0854. The van der Waals surface area contributed by atoms with Gasteiger partial charge in [-0.3, -0.25) is 4.18 Å². The molecule has 26 heavy (non-hydrogen) atoms. The molecule has 0 spiro atoms. The van der Waals surface area contributed by atoms with Gasteiger partial charge in [-0.1, -0.05) is 46.6 Å². The average molecular weight is 396 g/mol. The molecule has 0 aromatic heterocycles. The minimum atomic E-state index is -3.94. The maximum Gasteiger partial charge on any atom is 0.297 e. The summed E-state index contributed by atoms with van der Waals surface area (Å²) < 4.78 is 29.3. The Morgan fingerprint density at radius 2 is 1.88 bits per heavy atom. The summed E-state index contributed by atoms with van der Waals surface area (Å²) in [4.78, 5) is 5.36. The van der Waals surface area contributed by atoms with Gasteiger partial charge in [-0.15, -0.1) is 0 Å². The van der Waals surface area contributed by atoms with Crippen LogP contribution < -0.4 is 0 Å². The van der Waals surface area contributed by atoms with E-state index in [-0.39, 0.29) is 11.0 Å². The normalized spacial score (nSPS) is 18.3. The number of rotatable bonds is 6. The standard InChI is InChI=1S/C18H18ClNO5S/c1-12-2-8-15(9-3-12)26(22,23)24-11-17(21)16-10-18(25-20-16)13-4-6-14(19)7-5-13/h2-9,17-18,21H,10-11H2,1H3/t17-,18+/m1/s1. The molecule has 6 nitrogen and oxygen atoms in total. The molecule has 2 aromatic carbocycles. The van der Waals surface area contributed by atoms with Gasteiger partial charge in [-0.05, 0) is 36.8 Å². The Labute approximate surface area is 157 Å². The first kappa shape index (κ1) is 18.8. The second-order valence-corrected chi connectivity index (χ2v) is 8.05. The fraction of sp³-hybridized carbons (Fsp3) is 0.278. The van der Waals surface area contributed by atoms with Crippen molar-refractivity contribution in [1.82, 2.24) is 0 Å². The van der Waals surface area contributed by atoms with Gasteiger partial charge in [0.2, 0.25) is 0 Å². The third-order valence-electron chi connectivity index (χ3n) is 4.01. The predicted octanol–water partition coefficient (Wildman–Crippen LogP) is 3.23. The first-order valence-electron chi connectivity index (χ1n) is 7.97. The summed E-state index contributed by atoms with van der Waals surface area (Å²) in [5, 5.41) is 14.7. The van der Waals surface area contributed by atoms with E-state index >= 15 is 0 Å². The zero-order valence-corrected chi connectivity index (χ0v) is 15.6. The molecule has 0 unspecified atom stereocenters. The molecule has 2 atom stereocenters. The molecule has 3 rings (SSSR count). The van der Waals surface area contributed by atoms with E-state index in [1.807, 2.05) is 19.1 Å². The van der Waals surface area contributed by atoms with Crippen LogP contribution in [0.4, 0.5) is 0 Å². The topological polar surface area (TPSA) is 85.2 Å². The highest BCUT2D eigenvalue weighted by molar-refractivity contribution is 7.86. The van der Waals surface area contributed by atoms with Crippen LogP contribution in [0.15, 0.2) is 58.6 Å². The zero-order chi connectivity index (χ0) is 18.7. The van der Waals surface area contributed by atoms with Crippen molar-refractivity contribution >= 4 is 27.4 Å². The van der Waals surface area contributed by atoms with E-state index in [1.54, 1.807) is 24.3 Å². The maximum atomic E-state index is 12.2. The predicted molar refractivity (Wildman–Crippen MR) is 97.7 cm³/mol. The quantitative estimate of drug-likeness (QED) is 0.759. The number of aliphatic hydroxyl groups is 1. The number of nitrogens with zero attached hydrogens (tertiary/aromatic N) is 1. The third-order valence-corrected chi connectivity index (χ3v) is 5.56. The van der Waals surface area contributed by atoms with Gasteiger partial charge in [0.25, 0.3) is 10.1 Å². The summed E-state index contributed by atoms with van der Waals surface area (Å²) in [6.45, 7) is 1.43. The second kappa shape index (κ2) is 7.75. The molecule has 0 aliphatic carbocycles. The van der Waals surface area contributed by atoms with Crippen molar-refractivity contribution in [2.45, 2.75) is 30.4 Å². The summed E-state index contributed by atoms with van der Waals surface area (Å²) in [7, 11) is -3.94. The molecule has 0 fully saturated rings. The molecule has 1 aliphatic rings. The lowest BCUT2D eigenvalue weighted by atomic mass is 10.0. The van der Waals surface area contributed by atoms with E-state index in [0.29, 0.717) is 17.2 Å². The van der Waals surface area contributed by atoms with Crippen LogP contribution in [-0.2, 0) is 19.1 Å². The van der Waals surface area contributed by atoms with Crippen LogP contribution in [0.5, 0.6) is 0 Å². The van der Waals surface area contributed by atoms with Gasteiger partial charge in [0.05, 0.1) is 17.2 Å². The van der Waals surface area contributed by atoms with Crippen molar-refractivity contribution in [2.75, 3.05) is 6.61 Å². The van der Waals surface area contributed by atoms with Crippen LogP contribution in [0.2, 0.25) is 5.02 Å². The van der Waals surface area contributed by atoms with E-state index in [4.69, 9.17) is 20.6 Å². The number of oxime groups is 1. The van der Waals surface area contributed by atoms with Crippen molar-refractivity contribution < 1.29 is 22.5 Å². The van der Waals surface area contributed by atoms with Crippen LogP contribution in [0.25, 0.3) is 0 Å². The lowest BCUT2D eigenvalue weighted by Crippen LogP contribution is -2.27. The number of aliphatic hydroxyl groups excluding tert-OH is 1. The summed E-state index contributed by atoms with van der Waals surface area (Å²) in [5.74, 6) is 0. The molecule has 8 heteroatoms. The zero-order valence-electron chi connectivity index (χ0n) is 14.0. The molecule has 2 aromatic rings. The highest BCUT2D eigenvalue weighted by Gasteiger charge is 2.29. The minimum Gasteiger partial charge on any atom is -0.387 e. The first-order valence-corrected chi connectivity index (χ1v) is 9.76. The molecule has 1 aliphatic heterocycles. The van der Waals surface area contributed by atoms with Gasteiger partial charge in [-0.2, -0.15) is 8.42 Å². The average Bonchev–Trinajstić information content (AvgIpc) is 3.11. The highest BCUT2D eigenvalue weighted by atomic mass is 35.5. The summed E-state index contributed by atoms with van der Waals surface area (Å²) >= 11 is 5.86. The summed E-state index contributed by atoms with van der Waals surface area (Å²) in [6.07, 6.45) is -1.17. The highest BCUT2D eigenvalue weighted by Crippen LogP contribution is 2.29. The van der Waals surface area contributed by atoms with Gasteiger partial charge < -0.3 is 9.94 Å². The second-order valence-electron chi connectivity index (χ2n) is 6.00. The van der Waals surface area contributed by atoms with E-state index in [2.05, 4.69) is 5.16 Å². The van der Waals surface area contributed by atoms with Crippen molar-refractivity contribution in [1.29, 1.82) is 0 Å². The van der Waals surface area contributed by atoms with E-state index < -0.39 is 22.8 Å². The first-order chi connectivity index (χ1) is 12.3. The molecule has 0 saturated carbocycles. The Kier molecular flexibility index (Phi) is 5.62. The number of hydrogen-bond donors (Lipinski definition) is 1. The van der Waals surface area contributed by atoms with E-state index in [0.717, 1.165) is 11.1 Å². The van der Waals surface area contributed by atoms with Crippen molar-refractivity contribution in [2.24, 2.45) is 5.16 Å². The van der Waals surface area contributed by atoms with Crippen LogP contribution in [0.3, 0.4) is 0 Å². The Morgan fingerprint density at radius 3 is 2.54 bits per heavy atom. The molecular weight excluding hydrogens is 378 g/mol. The fourth-order valence-electron chi connectivity index (χ4n) is 2.47. The van der Waals surface area contributed by atoms with Crippen molar-refractivity contribution in [3.63, 3.8) is 0 Å². The summed E-state index contributed by atoms with van der Waals surface area (Å²) in [6, 6.07) is 13.4. The third kappa shape index (κ3) is 4.42. The van der Waals surface area contributed by atoms with Gasteiger partial charge >= 0.3 is 0 Å². The molecule has 0 saturated heterocycles. The Bertz CT molecular complexity index is 894. The van der Waals surface area contributed by atoms with Crippen LogP contribution >= 0.6 is 11.6 Å². The number of hydrogen-bond acceptors (Lipinski definition) is 6. The number of halogens is 1. The number of aryl methyl sites for hydroxylation is 1. The fourth-order valence-corrected chi connectivity index (χ4v) is 3.51. The van der Waals surface area contributed by atoms with Crippen molar-refractivity contribution in [3.05, 3.63) is 64.7 Å². The van der Waals surface area contributed by atoms with E-state index in [1.165, 1.54) is 12.1 Å². The SMILES string of the molecule is Cc1ccc(S(=O)(=O)OC[C@@H](O)C2=NO[C@H](c3ccc(Cl)cc3)C2)cc1. The van der Waals surface area contributed by atoms with Crippen LogP contribution in [0, 0.1) is 6.92 Å². The Morgan fingerprint density at radius 1 is 1.23 bits per heavy atom. The molecule has 0 radical (unpaired) electrons. The van der Waals surface area contributed by atoms with Crippen molar-refractivity contribution in [3.8, 4) is 0 Å². The maximum absolute atomic E-state index is 12.2. The number of benzene rings is 2. The lowest BCUT2D eigenvalue weighted by Gasteiger charge is -2.11. The van der Waals surface area contributed by atoms with E-state index in [9.17, 15) is 13.5 Å². The smallest absolute Gasteiger partial charge is 0.297 e. The molecule has 0 bridgehead atoms. The molecule has 138 valence electrons. The monoisotopic (exact) mass is 395 g/mol. The van der Waals surface area contributed by atoms with Crippen LogP contribution in [-0.4, -0.2) is 31.9 Å². The van der Waals surface area contributed by atoms with Gasteiger partial charge in [0.1, 0.15) is 6.10 Å². The summed E-state index contributed by atoms with van der Waals surface area (Å²) in [5.41, 5.74) is 2.15. The molecule has 0 amide bonds. The Balaban J connectivity index is 1.58. The Hall–Kier alpha value is -1.93.